The summed E-state index contributed by atoms with van der Waals surface area (Å²) in [6.45, 7) is 0. The van der Waals surface area contributed by atoms with Crippen LogP contribution in [0.2, 0.25) is 5.15 Å². The molecule has 0 spiro atoms. The average Bonchev–Trinajstić information content (AvgIpc) is 2.04. The Hall–Kier alpha value is -0.860. The van der Waals surface area contributed by atoms with Gasteiger partial charge in [-0.1, -0.05) is 11.6 Å². The Morgan fingerprint density at radius 3 is 2.83 bits per heavy atom. The van der Waals surface area contributed by atoms with Crippen LogP contribution in [0.4, 0.5) is 0 Å². The smallest absolute Gasteiger partial charge is 0.129 e. The second-order valence-corrected chi connectivity index (χ2v) is 2.59. The lowest BCUT2D eigenvalue weighted by atomic mass is 10.3. The van der Waals surface area contributed by atoms with Crippen LogP contribution in [0.15, 0.2) is 30.6 Å². The van der Waals surface area contributed by atoms with E-state index in [2.05, 4.69) is 9.97 Å². The summed E-state index contributed by atoms with van der Waals surface area (Å²) in [4.78, 5) is 8.06. The van der Waals surface area contributed by atoms with Crippen molar-refractivity contribution >= 4 is 34.9 Å². The molecule has 12 heavy (non-hydrogen) atoms. The van der Waals surface area contributed by atoms with E-state index in [-0.39, 0.29) is 12.4 Å². The van der Waals surface area contributed by atoms with Crippen LogP contribution in [-0.4, -0.2) is 9.97 Å². The van der Waals surface area contributed by atoms with Crippen LogP contribution in [-0.2, 0) is 0 Å². The molecule has 0 aliphatic heterocycles. The van der Waals surface area contributed by atoms with Gasteiger partial charge < -0.3 is 0 Å². The van der Waals surface area contributed by atoms with E-state index in [0.29, 0.717) is 5.15 Å². The number of pyridine rings is 2. The van der Waals surface area contributed by atoms with Crippen LogP contribution >= 0.6 is 24.0 Å². The molecule has 0 aliphatic rings. The van der Waals surface area contributed by atoms with Gasteiger partial charge in [-0.3, -0.25) is 4.98 Å². The van der Waals surface area contributed by atoms with E-state index in [1.54, 1.807) is 18.5 Å². The SMILES string of the molecule is Cl.Clc1ccc2cnccc2n1. The fourth-order valence-corrected chi connectivity index (χ4v) is 1.09. The zero-order valence-electron chi connectivity index (χ0n) is 6.07. The van der Waals surface area contributed by atoms with Crippen LogP contribution in [0.3, 0.4) is 0 Å². The average molecular weight is 201 g/mol. The van der Waals surface area contributed by atoms with Gasteiger partial charge >= 0.3 is 0 Å². The Labute approximate surface area is 81.0 Å². The van der Waals surface area contributed by atoms with Crippen molar-refractivity contribution in [1.29, 1.82) is 0 Å². The first-order chi connectivity index (χ1) is 5.36. The molecule has 0 N–H and O–H groups in total. The molecule has 2 rings (SSSR count). The maximum atomic E-state index is 5.69. The van der Waals surface area contributed by atoms with Gasteiger partial charge in [0.15, 0.2) is 0 Å². The Balaban J connectivity index is 0.000000720. The number of hydrogen-bond donors (Lipinski definition) is 0. The van der Waals surface area contributed by atoms with Crippen LogP contribution < -0.4 is 0 Å². The molecule has 0 saturated carbocycles. The van der Waals surface area contributed by atoms with Crippen LogP contribution in [0.1, 0.15) is 0 Å². The molecule has 0 radical (unpaired) electrons. The molecule has 2 aromatic rings. The van der Waals surface area contributed by atoms with Gasteiger partial charge in [-0.15, -0.1) is 12.4 Å². The third-order valence-electron chi connectivity index (χ3n) is 1.46. The molecule has 0 saturated heterocycles. The summed E-state index contributed by atoms with van der Waals surface area (Å²) in [5, 5.41) is 1.53. The summed E-state index contributed by atoms with van der Waals surface area (Å²) in [6, 6.07) is 5.49. The van der Waals surface area contributed by atoms with Crippen LogP contribution in [0.25, 0.3) is 10.9 Å². The van der Waals surface area contributed by atoms with Gasteiger partial charge in [0.25, 0.3) is 0 Å². The molecule has 0 aliphatic carbocycles. The van der Waals surface area contributed by atoms with Gasteiger partial charge in [0.1, 0.15) is 5.15 Å². The normalized spacial score (nSPS) is 9.42. The van der Waals surface area contributed by atoms with E-state index >= 15 is 0 Å². The topological polar surface area (TPSA) is 25.8 Å². The van der Waals surface area contributed by atoms with Crippen molar-refractivity contribution in [2.75, 3.05) is 0 Å². The minimum Gasteiger partial charge on any atom is -0.264 e. The van der Waals surface area contributed by atoms with E-state index in [4.69, 9.17) is 11.6 Å². The lowest BCUT2D eigenvalue weighted by molar-refractivity contribution is 1.32. The summed E-state index contributed by atoms with van der Waals surface area (Å²) >= 11 is 5.69. The lowest BCUT2D eigenvalue weighted by Crippen LogP contribution is -1.79. The summed E-state index contributed by atoms with van der Waals surface area (Å²) in [6.07, 6.45) is 3.46. The number of nitrogens with zero attached hydrogens (tertiary/aromatic N) is 2. The fourth-order valence-electron chi connectivity index (χ4n) is 0.940. The molecular weight excluding hydrogens is 195 g/mol. The van der Waals surface area contributed by atoms with E-state index in [1.165, 1.54) is 0 Å². The molecule has 4 heteroatoms. The van der Waals surface area contributed by atoms with Gasteiger partial charge in [0.05, 0.1) is 5.52 Å². The fraction of sp³-hybridized carbons (Fsp3) is 0. The second kappa shape index (κ2) is 3.70. The third-order valence-corrected chi connectivity index (χ3v) is 1.67. The monoisotopic (exact) mass is 200 g/mol. The van der Waals surface area contributed by atoms with Crippen molar-refractivity contribution in [3.8, 4) is 0 Å². The molecular formula is C8H6Cl2N2. The van der Waals surface area contributed by atoms with Gasteiger partial charge in [0.2, 0.25) is 0 Å². The number of hydrogen-bond acceptors (Lipinski definition) is 2. The van der Waals surface area contributed by atoms with Crippen molar-refractivity contribution in [1.82, 2.24) is 9.97 Å². The van der Waals surface area contributed by atoms with Crippen LogP contribution in [0.5, 0.6) is 0 Å². The minimum atomic E-state index is 0. The summed E-state index contributed by atoms with van der Waals surface area (Å²) in [7, 11) is 0. The first-order valence-electron chi connectivity index (χ1n) is 3.22. The number of rotatable bonds is 0. The molecule has 2 heterocycles. The minimum absolute atomic E-state index is 0. The highest BCUT2D eigenvalue weighted by atomic mass is 35.5. The maximum Gasteiger partial charge on any atom is 0.129 e. The van der Waals surface area contributed by atoms with E-state index in [1.807, 2.05) is 12.1 Å². The predicted octanol–water partition coefficient (Wildman–Crippen LogP) is 2.71. The largest absolute Gasteiger partial charge is 0.264 e. The lowest BCUT2D eigenvalue weighted by Gasteiger charge is -1.94. The highest BCUT2D eigenvalue weighted by Gasteiger charge is 1.93. The molecule has 0 unspecified atom stereocenters. The molecule has 0 aromatic carbocycles. The highest BCUT2D eigenvalue weighted by molar-refractivity contribution is 6.29. The van der Waals surface area contributed by atoms with Gasteiger partial charge in [-0.25, -0.2) is 4.98 Å². The zero-order chi connectivity index (χ0) is 7.68. The maximum absolute atomic E-state index is 5.69. The van der Waals surface area contributed by atoms with Crippen molar-refractivity contribution in [2.24, 2.45) is 0 Å². The van der Waals surface area contributed by atoms with Gasteiger partial charge in [-0.2, -0.15) is 0 Å². The molecule has 0 atom stereocenters. The number of fused-ring (bicyclic) bond motifs is 1. The second-order valence-electron chi connectivity index (χ2n) is 2.20. The first kappa shape index (κ1) is 9.23. The van der Waals surface area contributed by atoms with Crippen molar-refractivity contribution in [3.63, 3.8) is 0 Å². The molecule has 0 amide bonds. The zero-order valence-corrected chi connectivity index (χ0v) is 7.64. The Morgan fingerprint density at radius 2 is 2.00 bits per heavy atom. The van der Waals surface area contributed by atoms with E-state index in [0.717, 1.165) is 10.9 Å². The van der Waals surface area contributed by atoms with E-state index < -0.39 is 0 Å². The van der Waals surface area contributed by atoms with Crippen LogP contribution in [0, 0.1) is 0 Å². The van der Waals surface area contributed by atoms with Crippen molar-refractivity contribution < 1.29 is 0 Å². The Bertz CT molecular complexity index is 389. The summed E-state index contributed by atoms with van der Waals surface area (Å²) in [5.74, 6) is 0. The van der Waals surface area contributed by atoms with Crippen molar-refractivity contribution in [3.05, 3.63) is 35.7 Å². The summed E-state index contributed by atoms with van der Waals surface area (Å²) in [5.41, 5.74) is 0.882. The summed E-state index contributed by atoms with van der Waals surface area (Å²) < 4.78 is 0. The Kier molecular flexibility index (Phi) is 2.84. The highest BCUT2D eigenvalue weighted by Crippen LogP contribution is 2.12. The predicted molar refractivity (Wildman–Crippen MR) is 51.8 cm³/mol. The molecule has 62 valence electrons. The molecule has 0 fully saturated rings. The third kappa shape index (κ3) is 1.65. The number of halogens is 2. The Morgan fingerprint density at radius 1 is 1.17 bits per heavy atom. The standard InChI is InChI=1S/C8H5ClN2.ClH/c9-8-2-1-6-5-10-4-3-7(6)11-8;/h1-5H;1H. The van der Waals surface area contributed by atoms with E-state index in [9.17, 15) is 0 Å². The molecule has 2 nitrogen and oxygen atoms in total. The molecule has 2 aromatic heterocycles. The first-order valence-corrected chi connectivity index (χ1v) is 3.60. The van der Waals surface area contributed by atoms with Gasteiger partial charge in [-0.05, 0) is 18.2 Å². The number of aromatic nitrogens is 2. The molecule has 0 bridgehead atoms. The van der Waals surface area contributed by atoms with Crippen molar-refractivity contribution in [2.45, 2.75) is 0 Å². The van der Waals surface area contributed by atoms with Gasteiger partial charge in [0, 0.05) is 17.8 Å². The quantitative estimate of drug-likeness (QED) is 0.612.